The Morgan fingerprint density at radius 3 is 1.23 bits per heavy atom. The van der Waals surface area contributed by atoms with Gasteiger partial charge in [-0.05, 0) is 103 Å². The van der Waals surface area contributed by atoms with Gasteiger partial charge in [-0.1, -0.05) is 250 Å². The maximum atomic E-state index is 13.0. The van der Waals surface area contributed by atoms with Gasteiger partial charge in [0, 0.05) is 6.42 Å². The van der Waals surface area contributed by atoms with Crippen molar-refractivity contribution >= 4 is 13.7 Å². The normalized spacial score (nSPS) is 14.8. The van der Waals surface area contributed by atoms with Crippen molar-refractivity contribution in [2.75, 3.05) is 40.9 Å². The molecule has 75 heavy (non-hydrogen) atoms. The van der Waals surface area contributed by atoms with Crippen molar-refractivity contribution in [2.45, 2.75) is 238 Å². The molecular formula is C66H114N2O6P+. The summed E-state index contributed by atoms with van der Waals surface area (Å²) in [6.45, 7) is 4.66. The predicted octanol–water partition coefficient (Wildman–Crippen LogP) is 18.7. The van der Waals surface area contributed by atoms with Crippen molar-refractivity contribution in [3.63, 3.8) is 0 Å². The number of rotatable bonds is 53. The first-order valence-corrected chi connectivity index (χ1v) is 31.6. The Morgan fingerprint density at radius 2 is 0.813 bits per heavy atom. The zero-order chi connectivity index (χ0) is 54.9. The lowest BCUT2D eigenvalue weighted by Gasteiger charge is -2.25. The molecule has 8 nitrogen and oxygen atoms in total. The lowest BCUT2D eigenvalue weighted by molar-refractivity contribution is -0.870. The number of hydrogen-bond donors (Lipinski definition) is 3. The topological polar surface area (TPSA) is 105 Å². The number of amides is 1. The Labute approximate surface area is 462 Å². The fraction of sp³-hybridized carbons (Fsp3) is 0.652. The van der Waals surface area contributed by atoms with Crippen LogP contribution in [0.3, 0.4) is 0 Å². The molecule has 0 radical (unpaired) electrons. The van der Waals surface area contributed by atoms with Crippen LogP contribution in [0.15, 0.2) is 134 Å². The largest absolute Gasteiger partial charge is 0.472 e. The van der Waals surface area contributed by atoms with E-state index in [0.717, 1.165) is 116 Å². The van der Waals surface area contributed by atoms with Gasteiger partial charge in [0.1, 0.15) is 13.2 Å². The molecule has 9 heteroatoms. The van der Waals surface area contributed by atoms with Crippen LogP contribution in [-0.4, -0.2) is 73.4 Å². The van der Waals surface area contributed by atoms with Crippen LogP contribution in [0.2, 0.25) is 0 Å². The molecular weight excluding hydrogens is 948 g/mol. The first-order chi connectivity index (χ1) is 36.5. The maximum absolute atomic E-state index is 13.0. The first-order valence-electron chi connectivity index (χ1n) is 30.1. The Kier molecular flexibility index (Phi) is 52.9. The van der Waals surface area contributed by atoms with E-state index in [4.69, 9.17) is 9.05 Å². The van der Waals surface area contributed by atoms with Crippen LogP contribution in [0.4, 0.5) is 0 Å². The molecule has 0 aliphatic carbocycles. The van der Waals surface area contributed by atoms with Gasteiger partial charge in [-0.25, -0.2) is 4.57 Å². The third-order valence-electron chi connectivity index (χ3n) is 12.6. The Balaban J connectivity index is 4.31. The van der Waals surface area contributed by atoms with Gasteiger partial charge in [-0.3, -0.25) is 13.8 Å². The smallest absolute Gasteiger partial charge is 0.387 e. The molecule has 3 N–H and O–H groups in total. The van der Waals surface area contributed by atoms with Gasteiger partial charge in [-0.2, -0.15) is 0 Å². The van der Waals surface area contributed by atoms with Gasteiger partial charge in [-0.15, -0.1) is 0 Å². The number of likely N-dealkylation sites (N-methyl/N-ethyl adjacent to an activating group) is 1. The van der Waals surface area contributed by atoms with E-state index in [1.54, 1.807) is 6.08 Å². The van der Waals surface area contributed by atoms with Gasteiger partial charge < -0.3 is 19.8 Å². The number of hydrogen-bond acceptors (Lipinski definition) is 5. The van der Waals surface area contributed by atoms with E-state index in [1.165, 1.54) is 89.9 Å². The summed E-state index contributed by atoms with van der Waals surface area (Å²) >= 11 is 0. The van der Waals surface area contributed by atoms with Gasteiger partial charge in [0.2, 0.25) is 5.91 Å². The number of quaternary nitrogens is 1. The van der Waals surface area contributed by atoms with Gasteiger partial charge in [0.25, 0.3) is 0 Å². The number of phosphoric acid groups is 1. The lowest BCUT2D eigenvalue weighted by atomic mass is 10.0. The van der Waals surface area contributed by atoms with Crippen LogP contribution in [0.25, 0.3) is 0 Å². The van der Waals surface area contributed by atoms with Crippen molar-refractivity contribution < 1.29 is 32.9 Å². The quantitative estimate of drug-likeness (QED) is 0.0243. The molecule has 0 aromatic heterocycles. The average molecular weight is 1060 g/mol. The van der Waals surface area contributed by atoms with E-state index in [9.17, 15) is 19.4 Å². The summed E-state index contributed by atoms with van der Waals surface area (Å²) in [7, 11) is 1.52. The molecule has 0 aliphatic heterocycles. The van der Waals surface area contributed by atoms with Crippen LogP contribution in [0.1, 0.15) is 226 Å². The molecule has 428 valence electrons. The molecule has 0 spiro atoms. The Bertz CT molecular complexity index is 1680. The van der Waals surface area contributed by atoms with E-state index in [2.05, 4.69) is 141 Å². The minimum Gasteiger partial charge on any atom is -0.387 e. The number of carbonyl (C=O) groups excluding carboxylic acids is 1. The van der Waals surface area contributed by atoms with Crippen LogP contribution in [0.5, 0.6) is 0 Å². The number of nitrogens with zero attached hydrogens (tertiary/aromatic N) is 1. The summed E-state index contributed by atoms with van der Waals surface area (Å²) in [5.41, 5.74) is 0. The highest BCUT2D eigenvalue weighted by Crippen LogP contribution is 2.43. The lowest BCUT2D eigenvalue weighted by Crippen LogP contribution is -2.45. The molecule has 0 heterocycles. The second-order valence-corrected chi connectivity index (χ2v) is 22.4. The summed E-state index contributed by atoms with van der Waals surface area (Å²) in [5, 5.41) is 13.9. The minimum absolute atomic E-state index is 0.0447. The molecule has 0 bridgehead atoms. The van der Waals surface area contributed by atoms with E-state index in [-0.39, 0.29) is 19.1 Å². The van der Waals surface area contributed by atoms with E-state index >= 15 is 0 Å². The Morgan fingerprint density at radius 1 is 0.467 bits per heavy atom. The fourth-order valence-electron chi connectivity index (χ4n) is 7.93. The molecule has 3 atom stereocenters. The van der Waals surface area contributed by atoms with Crippen LogP contribution < -0.4 is 5.32 Å². The van der Waals surface area contributed by atoms with Crippen LogP contribution >= 0.6 is 7.82 Å². The summed E-state index contributed by atoms with van der Waals surface area (Å²) in [5.74, 6) is -0.211. The fourth-order valence-corrected chi connectivity index (χ4v) is 8.67. The molecule has 0 fully saturated rings. The molecule has 0 rings (SSSR count). The molecule has 0 saturated carbocycles. The van der Waals surface area contributed by atoms with Gasteiger partial charge in [0.15, 0.2) is 0 Å². The molecule has 0 aliphatic rings. The second kappa shape index (κ2) is 55.4. The summed E-state index contributed by atoms with van der Waals surface area (Å²) in [4.78, 5) is 23.3. The third kappa shape index (κ3) is 58.2. The highest BCUT2D eigenvalue weighted by Gasteiger charge is 2.27. The van der Waals surface area contributed by atoms with Crippen LogP contribution in [-0.2, 0) is 18.4 Å². The molecule has 3 unspecified atom stereocenters. The standard InChI is InChI=1S/C66H113N2O6P/c1-6-8-10-12-14-16-18-20-22-24-26-28-29-30-31-32-33-34-35-36-37-38-39-40-42-44-46-48-50-52-54-56-58-60-66(70)67-64(63-74-75(71,72)73-62-61-68(3,4)5)65(69)59-57-55-53-51-49-47-45-43-41-27-25-23-21-19-17-15-13-11-9-7-2/h8,10,14,16,20,22,26,28,30-31,33-34,36-37,39-40,44,46,49,51,57,59,64-65,69H,6-7,9,11-13,15,17-19,21,23-25,27,29,32,35,38,41-43,45,47-48,50,52-56,58,60-63H2,1-5H3,(H-,67,70,71,72)/p+1/b10-8-,16-14-,22-20-,28-26-,31-30-,34-33-,37-36-,40-39-,46-44-,51-49+,59-57+. The monoisotopic (exact) mass is 1060 g/mol. The number of allylic oxidation sites excluding steroid dienone is 21. The molecule has 0 aromatic carbocycles. The highest BCUT2D eigenvalue weighted by atomic mass is 31.2. The highest BCUT2D eigenvalue weighted by molar-refractivity contribution is 7.47. The zero-order valence-electron chi connectivity index (χ0n) is 48.7. The number of carbonyl (C=O) groups is 1. The van der Waals surface area contributed by atoms with Crippen molar-refractivity contribution in [3.05, 3.63) is 134 Å². The van der Waals surface area contributed by atoms with E-state index in [1.807, 2.05) is 27.2 Å². The van der Waals surface area contributed by atoms with Crippen molar-refractivity contribution in [3.8, 4) is 0 Å². The van der Waals surface area contributed by atoms with Crippen molar-refractivity contribution in [1.82, 2.24) is 5.32 Å². The number of nitrogens with one attached hydrogen (secondary N) is 1. The molecule has 0 aromatic rings. The maximum Gasteiger partial charge on any atom is 0.472 e. The summed E-state index contributed by atoms with van der Waals surface area (Å²) in [6.07, 6.45) is 84.1. The van der Waals surface area contributed by atoms with Gasteiger partial charge in [0.05, 0.1) is 39.9 Å². The number of phosphoric ester groups is 1. The summed E-state index contributed by atoms with van der Waals surface area (Å²) in [6, 6.07) is -0.885. The Hall–Kier alpha value is -3.36. The zero-order valence-corrected chi connectivity index (χ0v) is 49.6. The summed E-state index contributed by atoms with van der Waals surface area (Å²) < 4.78 is 23.7. The van der Waals surface area contributed by atoms with Crippen LogP contribution in [0, 0.1) is 0 Å². The first kappa shape index (κ1) is 71.6. The third-order valence-corrected chi connectivity index (χ3v) is 13.6. The van der Waals surface area contributed by atoms with Gasteiger partial charge >= 0.3 is 7.82 Å². The predicted molar refractivity (Wildman–Crippen MR) is 327 cm³/mol. The van der Waals surface area contributed by atoms with Crippen molar-refractivity contribution in [1.29, 1.82) is 0 Å². The molecule has 1 amide bonds. The average Bonchev–Trinajstić information content (AvgIpc) is 3.37. The van der Waals surface area contributed by atoms with Crippen molar-refractivity contribution in [2.24, 2.45) is 0 Å². The number of aliphatic hydroxyl groups excluding tert-OH is 1. The van der Waals surface area contributed by atoms with E-state index < -0.39 is 20.0 Å². The number of unbranched alkanes of at least 4 members (excludes halogenated alkanes) is 20. The number of aliphatic hydroxyl groups is 1. The van der Waals surface area contributed by atoms with E-state index in [0.29, 0.717) is 17.4 Å². The minimum atomic E-state index is -4.37. The SMILES string of the molecule is CC/C=C\C/C=C\C/C=C\C/C=C\C/C=C\C/C=C\C/C=C\C/C=C\C/C=C\CCCCCCCC(=O)NC(COP(=O)(O)OCC[N+](C)(C)C)C(O)/C=C/CC/C=C/CCCCCCCCCCCCCCCC. The second-order valence-electron chi connectivity index (χ2n) is 21.0. The molecule has 0 saturated heterocycles.